The first-order chi connectivity index (χ1) is 7.44. The predicted octanol–water partition coefficient (Wildman–Crippen LogP) is 1.29. The maximum Gasteiger partial charge on any atom is 0.214 e. The minimum Gasteiger partial charge on any atom is -0.320 e. The van der Waals surface area contributed by atoms with Crippen LogP contribution < -0.4 is 5.32 Å². The van der Waals surface area contributed by atoms with Crippen LogP contribution in [0.4, 0.5) is 0 Å². The Kier molecular flexibility index (Phi) is 7.97. The lowest BCUT2D eigenvalue weighted by atomic mass is 10.2. The van der Waals surface area contributed by atoms with E-state index in [0.717, 1.165) is 19.4 Å². The Morgan fingerprint density at radius 2 is 1.88 bits per heavy atom. The maximum atomic E-state index is 12.0. The fraction of sp³-hybridized carbons (Fsp3) is 1.00. The highest BCUT2D eigenvalue weighted by atomic mass is 32.2. The number of unbranched alkanes of at least 4 members (excludes halogenated alkanes) is 1. The van der Waals surface area contributed by atoms with Gasteiger partial charge in [-0.1, -0.05) is 20.8 Å². The molecule has 0 aromatic carbocycles. The zero-order chi connectivity index (χ0) is 12.6. The maximum absolute atomic E-state index is 12.0. The van der Waals surface area contributed by atoms with Crippen molar-refractivity contribution < 1.29 is 8.42 Å². The molecule has 0 aromatic rings. The highest BCUT2D eigenvalue weighted by Crippen LogP contribution is 2.08. The molecule has 0 bridgehead atoms. The summed E-state index contributed by atoms with van der Waals surface area (Å²) >= 11 is 0. The summed E-state index contributed by atoms with van der Waals surface area (Å²) in [5.74, 6) is 0.655. The van der Waals surface area contributed by atoms with Gasteiger partial charge in [0.15, 0.2) is 0 Å². The number of nitrogens with zero attached hydrogens (tertiary/aromatic N) is 1. The SMILES string of the molecule is CCN(CC(C)C)S(=O)(=O)CCCCNC. The minimum atomic E-state index is -3.04. The smallest absolute Gasteiger partial charge is 0.214 e. The lowest BCUT2D eigenvalue weighted by Gasteiger charge is -2.22. The first-order valence-electron chi connectivity index (χ1n) is 6.06. The third kappa shape index (κ3) is 6.45. The van der Waals surface area contributed by atoms with Crippen molar-refractivity contribution >= 4 is 10.0 Å². The highest BCUT2D eigenvalue weighted by Gasteiger charge is 2.20. The largest absolute Gasteiger partial charge is 0.320 e. The van der Waals surface area contributed by atoms with Crippen molar-refractivity contribution in [3.05, 3.63) is 0 Å². The molecule has 0 unspecified atom stereocenters. The third-order valence-electron chi connectivity index (χ3n) is 2.39. The van der Waals surface area contributed by atoms with Gasteiger partial charge in [0.25, 0.3) is 0 Å². The second kappa shape index (κ2) is 8.03. The normalized spacial score (nSPS) is 12.6. The molecule has 0 fully saturated rings. The van der Waals surface area contributed by atoms with E-state index in [1.54, 1.807) is 4.31 Å². The van der Waals surface area contributed by atoms with E-state index >= 15 is 0 Å². The molecule has 0 aliphatic carbocycles. The topological polar surface area (TPSA) is 49.4 Å². The molecule has 16 heavy (non-hydrogen) atoms. The van der Waals surface area contributed by atoms with Crippen LogP contribution in [0.2, 0.25) is 0 Å². The molecule has 0 aliphatic rings. The van der Waals surface area contributed by atoms with Crippen molar-refractivity contribution in [2.45, 2.75) is 33.6 Å². The van der Waals surface area contributed by atoms with Crippen molar-refractivity contribution in [2.24, 2.45) is 5.92 Å². The van der Waals surface area contributed by atoms with Gasteiger partial charge in [-0.05, 0) is 32.4 Å². The lowest BCUT2D eigenvalue weighted by Crippen LogP contribution is -2.35. The zero-order valence-electron chi connectivity index (χ0n) is 11.0. The van der Waals surface area contributed by atoms with Gasteiger partial charge in [-0.2, -0.15) is 0 Å². The molecule has 0 rings (SSSR count). The Morgan fingerprint density at radius 3 is 2.31 bits per heavy atom. The summed E-state index contributed by atoms with van der Waals surface area (Å²) in [6, 6.07) is 0. The van der Waals surface area contributed by atoms with Gasteiger partial charge < -0.3 is 5.32 Å². The van der Waals surface area contributed by atoms with Crippen molar-refractivity contribution in [3.8, 4) is 0 Å². The van der Waals surface area contributed by atoms with Crippen LogP contribution in [0.1, 0.15) is 33.6 Å². The van der Waals surface area contributed by atoms with Crippen LogP contribution in [0.3, 0.4) is 0 Å². The summed E-state index contributed by atoms with van der Waals surface area (Å²) < 4.78 is 25.5. The first kappa shape index (κ1) is 15.9. The Morgan fingerprint density at radius 1 is 1.25 bits per heavy atom. The van der Waals surface area contributed by atoms with Crippen LogP contribution >= 0.6 is 0 Å². The van der Waals surface area contributed by atoms with Gasteiger partial charge in [0, 0.05) is 13.1 Å². The number of sulfonamides is 1. The van der Waals surface area contributed by atoms with Crippen molar-refractivity contribution in [2.75, 3.05) is 32.4 Å². The molecule has 5 heteroatoms. The third-order valence-corrected chi connectivity index (χ3v) is 4.39. The van der Waals surface area contributed by atoms with Gasteiger partial charge >= 0.3 is 0 Å². The van der Waals surface area contributed by atoms with E-state index in [-0.39, 0.29) is 5.75 Å². The Bertz CT molecular complexity index is 263. The Balaban J connectivity index is 4.16. The summed E-state index contributed by atoms with van der Waals surface area (Å²) in [6.45, 7) is 8.06. The van der Waals surface area contributed by atoms with E-state index in [2.05, 4.69) is 5.32 Å². The molecule has 1 N–H and O–H groups in total. The van der Waals surface area contributed by atoms with Gasteiger partial charge in [0.05, 0.1) is 5.75 Å². The van der Waals surface area contributed by atoms with Crippen LogP contribution in [-0.2, 0) is 10.0 Å². The van der Waals surface area contributed by atoms with Gasteiger partial charge in [-0.3, -0.25) is 0 Å². The molecular formula is C11H26N2O2S. The monoisotopic (exact) mass is 250 g/mol. The fourth-order valence-corrected chi connectivity index (χ4v) is 3.31. The molecule has 0 spiro atoms. The van der Waals surface area contributed by atoms with Gasteiger partial charge in [0.2, 0.25) is 10.0 Å². The molecule has 4 nitrogen and oxygen atoms in total. The Hall–Kier alpha value is -0.130. The summed E-state index contributed by atoms with van der Waals surface area (Å²) in [6.07, 6.45) is 1.65. The molecule has 98 valence electrons. The van der Waals surface area contributed by atoms with Crippen molar-refractivity contribution in [1.29, 1.82) is 0 Å². The van der Waals surface area contributed by atoms with Crippen molar-refractivity contribution in [1.82, 2.24) is 9.62 Å². The average molecular weight is 250 g/mol. The van der Waals surface area contributed by atoms with Crippen LogP contribution in [-0.4, -0.2) is 45.2 Å². The quantitative estimate of drug-likeness (QED) is 0.627. The van der Waals surface area contributed by atoms with Gasteiger partial charge in [0.1, 0.15) is 0 Å². The van der Waals surface area contributed by atoms with Gasteiger partial charge in [-0.15, -0.1) is 0 Å². The molecule has 0 saturated heterocycles. The highest BCUT2D eigenvalue weighted by molar-refractivity contribution is 7.89. The summed E-state index contributed by atoms with van der Waals surface area (Å²) in [5, 5.41) is 3.02. The lowest BCUT2D eigenvalue weighted by molar-refractivity contribution is 0.380. The number of hydrogen-bond acceptors (Lipinski definition) is 3. The molecule has 0 radical (unpaired) electrons. The van der Waals surface area contributed by atoms with Crippen LogP contribution in [0, 0.1) is 5.92 Å². The first-order valence-corrected chi connectivity index (χ1v) is 7.67. The predicted molar refractivity (Wildman–Crippen MR) is 69.0 cm³/mol. The Labute approximate surface area is 100 Å². The van der Waals surface area contributed by atoms with E-state index in [0.29, 0.717) is 19.0 Å². The van der Waals surface area contributed by atoms with Crippen LogP contribution in [0.25, 0.3) is 0 Å². The molecule has 0 heterocycles. The van der Waals surface area contributed by atoms with E-state index in [1.165, 1.54) is 0 Å². The number of rotatable bonds is 9. The molecule has 0 aliphatic heterocycles. The number of nitrogens with one attached hydrogen (secondary N) is 1. The molecule has 0 aromatic heterocycles. The summed E-state index contributed by atoms with van der Waals surface area (Å²) in [7, 11) is -1.16. The van der Waals surface area contributed by atoms with E-state index < -0.39 is 10.0 Å². The van der Waals surface area contributed by atoms with Crippen LogP contribution in [0.15, 0.2) is 0 Å². The molecule has 0 amide bonds. The summed E-state index contributed by atoms with van der Waals surface area (Å²) in [5.41, 5.74) is 0. The minimum absolute atomic E-state index is 0.273. The van der Waals surface area contributed by atoms with E-state index in [1.807, 2.05) is 27.8 Å². The number of hydrogen-bond donors (Lipinski definition) is 1. The van der Waals surface area contributed by atoms with E-state index in [9.17, 15) is 8.42 Å². The fourth-order valence-electron chi connectivity index (χ4n) is 1.56. The molecule has 0 atom stereocenters. The zero-order valence-corrected chi connectivity index (χ0v) is 11.8. The molecular weight excluding hydrogens is 224 g/mol. The second-order valence-electron chi connectivity index (χ2n) is 4.47. The summed E-state index contributed by atoms with van der Waals surface area (Å²) in [4.78, 5) is 0. The standard InChI is InChI=1S/C11H26N2O2S/c1-5-13(10-11(2)3)16(14,15)9-7-6-8-12-4/h11-12H,5-10H2,1-4H3. The average Bonchev–Trinajstić information content (AvgIpc) is 2.20. The van der Waals surface area contributed by atoms with E-state index in [4.69, 9.17) is 0 Å². The van der Waals surface area contributed by atoms with Crippen LogP contribution in [0.5, 0.6) is 0 Å². The van der Waals surface area contributed by atoms with Crippen molar-refractivity contribution in [3.63, 3.8) is 0 Å². The molecule has 0 saturated carbocycles. The van der Waals surface area contributed by atoms with Gasteiger partial charge in [-0.25, -0.2) is 12.7 Å². The second-order valence-corrected chi connectivity index (χ2v) is 6.56.